The van der Waals surface area contributed by atoms with Crippen molar-refractivity contribution < 1.29 is 4.52 Å². The van der Waals surface area contributed by atoms with Crippen LogP contribution in [0.25, 0.3) is 0 Å². The van der Waals surface area contributed by atoms with Crippen LogP contribution in [-0.2, 0) is 16.3 Å². The standard InChI is InChI=1S/C7H13Cl2OPS/c1-6-3-2-4-7(5-6)10-11(8,9)12/h6-7H,2-5H2,1H3. The van der Waals surface area contributed by atoms with E-state index in [0.717, 1.165) is 18.8 Å². The summed E-state index contributed by atoms with van der Waals surface area (Å²) in [6.07, 6.45) is 4.80. The maximum atomic E-state index is 5.68. The Bertz CT molecular complexity index is 194. The van der Waals surface area contributed by atoms with Crippen LogP contribution in [0, 0.1) is 5.92 Å². The van der Waals surface area contributed by atoms with Crippen LogP contribution in [-0.4, -0.2) is 6.10 Å². The summed E-state index contributed by atoms with van der Waals surface area (Å²) >= 11 is 16.2. The average molecular weight is 247 g/mol. The fraction of sp³-hybridized carbons (Fsp3) is 1.00. The Morgan fingerprint density at radius 2 is 2.08 bits per heavy atom. The molecule has 0 aromatic heterocycles. The molecule has 0 aromatic carbocycles. The summed E-state index contributed by atoms with van der Waals surface area (Å²) in [5, 5.41) is 0. The van der Waals surface area contributed by atoms with Crippen molar-refractivity contribution in [3.63, 3.8) is 0 Å². The van der Waals surface area contributed by atoms with E-state index in [0.29, 0.717) is 0 Å². The molecule has 12 heavy (non-hydrogen) atoms. The van der Waals surface area contributed by atoms with Gasteiger partial charge >= 0.3 is 0 Å². The van der Waals surface area contributed by atoms with Gasteiger partial charge < -0.3 is 4.52 Å². The normalized spacial score (nSPS) is 31.9. The minimum Gasteiger partial charge on any atom is -0.324 e. The fourth-order valence-electron chi connectivity index (χ4n) is 1.65. The van der Waals surface area contributed by atoms with Crippen molar-refractivity contribution in [2.45, 2.75) is 38.7 Å². The second kappa shape index (κ2) is 4.61. The molecule has 0 aliphatic heterocycles. The van der Waals surface area contributed by atoms with E-state index in [1.807, 2.05) is 0 Å². The molecule has 1 aliphatic rings. The van der Waals surface area contributed by atoms with E-state index in [9.17, 15) is 0 Å². The van der Waals surface area contributed by atoms with E-state index in [2.05, 4.69) is 6.92 Å². The third-order valence-corrected chi connectivity index (χ3v) is 3.44. The van der Waals surface area contributed by atoms with Gasteiger partial charge in [0, 0.05) is 0 Å². The van der Waals surface area contributed by atoms with Gasteiger partial charge in [0.15, 0.2) is 0 Å². The molecule has 0 heterocycles. The lowest BCUT2D eigenvalue weighted by Gasteiger charge is -2.27. The van der Waals surface area contributed by atoms with Crippen LogP contribution < -0.4 is 0 Å². The molecule has 0 amide bonds. The summed E-state index contributed by atoms with van der Waals surface area (Å²) < 4.78 is 5.41. The van der Waals surface area contributed by atoms with E-state index in [1.54, 1.807) is 0 Å². The van der Waals surface area contributed by atoms with Crippen LogP contribution in [0.5, 0.6) is 0 Å². The minimum atomic E-state index is -2.48. The number of rotatable bonds is 2. The van der Waals surface area contributed by atoms with Gasteiger partial charge in [0.05, 0.1) is 6.10 Å². The number of hydrogen-bond acceptors (Lipinski definition) is 2. The fourth-order valence-corrected chi connectivity index (χ4v) is 3.23. The van der Waals surface area contributed by atoms with E-state index >= 15 is 0 Å². The van der Waals surface area contributed by atoms with Gasteiger partial charge in [-0.25, -0.2) is 0 Å². The maximum Gasteiger partial charge on any atom is 0.240 e. The van der Waals surface area contributed by atoms with Crippen LogP contribution in [0.4, 0.5) is 0 Å². The molecule has 0 aromatic rings. The Morgan fingerprint density at radius 3 is 2.58 bits per heavy atom. The van der Waals surface area contributed by atoms with Crippen LogP contribution in [0.1, 0.15) is 32.6 Å². The monoisotopic (exact) mass is 246 g/mol. The highest BCUT2D eigenvalue weighted by atomic mass is 35.9. The maximum absolute atomic E-state index is 5.68. The van der Waals surface area contributed by atoms with Crippen LogP contribution >= 0.6 is 27.5 Å². The smallest absolute Gasteiger partial charge is 0.240 e. The molecule has 0 spiro atoms. The van der Waals surface area contributed by atoms with Gasteiger partial charge in [-0.15, -0.1) is 0 Å². The highest BCUT2D eigenvalue weighted by Crippen LogP contribution is 2.60. The van der Waals surface area contributed by atoms with Crippen molar-refractivity contribution >= 4 is 39.3 Å². The average Bonchev–Trinajstić information content (AvgIpc) is 1.82. The molecule has 1 aliphatic carbocycles. The molecule has 1 fully saturated rings. The Hall–Kier alpha value is 1.19. The quantitative estimate of drug-likeness (QED) is 0.673. The zero-order chi connectivity index (χ0) is 9.19. The Morgan fingerprint density at radius 1 is 1.42 bits per heavy atom. The van der Waals surface area contributed by atoms with E-state index in [1.165, 1.54) is 12.8 Å². The molecule has 2 atom stereocenters. The molecule has 1 saturated carbocycles. The molecule has 0 bridgehead atoms. The topological polar surface area (TPSA) is 9.23 Å². The predicted molar refractivity (Wildman–Crippen MR) is 58.5 cm³/mol. The van der Waals surface area contributed by atoms with Crippen LogP contribution in [0.2, 0.25) is 0 Å². The van der Waals surface area contributed by atoms with Gasteiger partial charge in [0.2, 0.25) is 4.97 Å². The molecular weight excluding hydrogens is 234 g/mol. The summed E-state index contributed by atoms with van der Waals surface area (Å²) in [6.45, 7) is 2.22. The lowest BCUT2D eigenvalue weighted by Crippen LogP contribution is -2.19. The molecule has 0 N–H and O–H groups in total. The lowest BCUT2D eigenvalue weighted by molar-refractivity contribution is 0.149. The van der Waals surface area contributed by atoms with E-state index in [4.69, 9.17) is 38.8 Å². The van der Waals surface area contributed by atoms with Crippen LogP contribution in [0.3, 0.4) is 0 Å². The van der Waals surface area contributed by atoms with Crippen molar-refractivity contribution in [3.8, 4) is 0 Å². The summed E-state index contributed by atoms with van der Waals surface area (Å²) in [6, 6.07) is 0. The Balaban J connectivity index is 2.37. The van der Waals surface area contributed by atoms with Gasteiger partial charge in [-0.3, -0.25) is 0 Å². The van der Waals surface area contributed by atoms with Crippen molar-refractivity contribution in [1.82, 2.24) is 0 Å². The Kier molecular flexibility index (Phi) is 4.33. The largest absolute Gasteiger partial charge is 0.324 e. The minimum absolute atomic E-state index is 0.203. The first kappa shape index (κ1) is 11.3. The second-order valence-electron chi connectivity index (χ2n) is 3.41. The number of hydrogen-bond donors (Lipinski definition) is 0. The van der Waals surface area contributed by atoms with E-state index < -0.39 is 4.97 Å². The third kappa shape index (κ3) is 4.43. The molecule has 1 rings (SSSR count). The van der Waals surface area contributed by atoms with Gasteiger partial charge in [0.1, 0.15) is 0 Å². The van der Waals surface area contributed by atoms with Crippen molar-refractivity contribution in [2.24, 2.45) is 5.92 Å². The molecule has 0 saturated heterocycles. The summed E-state index contributed by atoms with van der Waals surface area (Å²) in [7, 11) is 0. The zero-order valence-electron chi connectivity index (χ0n) is 7.00. The first-order chi connectivity index (χ1) is 5.47. The van der Waals surface area contributed by atoms with Gasteiger partial charge in [-0.2, -0.15) is 0 Å². The SMILES string of the molecule is CC1CCCC(OP(=S)(Cl)Cl)C1. The van der Waals surface area contributed by atoms with Crippen molar-refractivity contribution in [1.29, 1.82) is 0 Å². The van der Waals surface area contributed by atoms with Gasteiger partial charge in [-0.05, 0) is 53.0 Å². The highest BCUT2D eigenvalue weighted by molar-refractivity contribution is 8.36. The third-order valence-electron chi connectivity index (χ3n) is 2.16. The first-order valence-corrected chi connectivity index (χ1v) is 8.68. The number of halogens is 2. The molecule has 72 valence electrons. The lowest BCUT2D eigenvalue weighted by atomic mass is 9.89. The summed E-state index contributed by atoms with van der Waals surface area (Å²) in [4.78, 5) is -2.48. The molecular formula is C7H13Cl2OPS. The second-order valence-corrected chi connectivity index (χ2v) is 10.6. The van der Waals surface area contributed by atoms with Crippen LogP contribution in [0.15, 0.2) is 0 Å². The van der Waals surface area contributed by atoms with Gasteiger partial charge in [-0.1, -0.05) is 19.8 Å². The highest BCUT2D eigenvalue weighted by Gasteiger charge is 2.23. The first-order valence-electron chi connectivity index (χ1n) is 4.15. The zero-order valence-corrected chi connectivity index (χ0v) is 10.2. The van der Waals surface area contributed by atoms with Gasteiger partial charge in [0.25, 0.3) is 0 Å². The molecule has 2 unspecified atom stereocenters. The van der Waals surface area contributed by atoms with Crippen molar-refractivity contribution in [2.75, 3.05) is 0 Å². The molecule has 5 heteroatoms. The summed E-state index contributed by atoms with van der Waals surface area (Å²) in [5.41, 5.74) is 0. The summed E-state index contributed by atoms with van der Waals surface area (Å²) in [5.74, 6) is 0.721. The Labute approximate surface area is 88.4 Å². The molecule has 1 nitrogen and oxygen atoms in total. The van der Waals surface area contributed by atoms with Crippen molar-refractivity contribution in [3.05, 3.63) is 0 Å². The van der Waals surface area contributed by atoms with E-state index in [-0.39, 0.29) is 6.10 Å². The molecule has 0 radical (unpaired) electrons. The predicted octanol–water partition coefficient (Wildman–Crippen LogP) is 4.28.